The van der Waals surface area contributed by atoms with Crippen LogP contribution in [0, 0.1) is 6.92 Å². The summed E-state index contributed by atoms with van der Waals surface area (Å²) in [6, 6.07) is 4.24. The molecule has 1 aliphatic rings. The zero-order chi connectivity index (χ0) is 20.5. The Morgan fingerprint density at radius 1 is 1.31 bits per heavy atom. The minimum Gasteiger partial charge on any atom is -0.495 e. The Labute approximate surface area is 170 Å². The molecule has 8 nitrogen and oxygen atoms in total. The van der Waals surface area contributed by atoms with Crippen molar-refractivity contribution in [2.24, 2.45) is 0 Å². The van der Waals surface area contributed by atoms with Gasteiger partial charge in [0.2, 0.25) is 5.95 Å². The number of nitrogens with zero attached hydrogens (tertiary/aromatic N) is 5. The van der Waals surface area contributed by atoms with E-state index in [1.54, 1.807) is 20.2 Å². The van der Waals surface area contributed by atoms with Gasteiger partial charge in [-0.15, -0.1) is 0 Å². The zero-order valence-corrected chi connectivity index (χ0v) is 17.4. The van der Waals surface area contributed by atoms with E-state index in [1.165, 1.54) is 11.1 Å². The monoisotopic (exact) mass is 396 g/mol. The molecule has 4 rings (SSSR count). The van der Waals surface area contributed by atoms with E-state index < -0.39 is 0 Å². The maximum absolute atomic E-state index is 9.61. The number of methoxy groups -OCH3 is 1. The number of ether oxygens (including phenoxy) is 1. The second kappa shape index (κ2) is 7.96. The molecular formula is C21H28N6O2. The molecule has 154 valence electrons. The molecule has 1 aromatic carbocycles. The highest BCUT2D eigenvalue weighted by molar-refractivity contribution is 5.79. The molecule has 0 saturated heterocycles. The average molecular weight is 396 g/mol. The van der Waals surface area contributed by atoms with Crippen molar-refractivity contribution in [2.75, 3.05) is 26.0 Å². The van der Waals surface area contributed by atoms with Gasteiger partial charge in [0.05, 0.1) is 30.0 Å². The van der Waals surface area contributed by atoms with Gasteiger partial charge in [-0.05, 0) is 57.0 Å². The number of aromatic nitrogens is 4. The highest BCUT2D eigenvalue weighted by Crippen LogP contribution is 2.33. The minimum absolute atomic E-state index is 0.383. The van der Waals surface area contributed by atoms with Crippen LogP contribution in [0.5, 0.6) is 5.75 Å². The SMILES string of the molecule is COc1cc2c(cc1Nc1ncc3c(C)nn(CCC(C)O)c3n1)CN(C)CC2. The Hall–Kier alpha value is -2.71. The predicted octanol–water partition coefficient (Wildman–Crippen LogP) is 2.65. The Morgan fingerprint density at radius 3 is 2.90 bits per heavy atom. The summed E-state index contributed by atoms with van der Waals surface area (Å²) in [5.41, 5.74) is 5.12. The summed E-state index contributed by atoms with van der Waals surface area (Å²) in [6.07, 6.45) is 3.05. The van der Waals surface area contributed by atoms with E-state index in [-0.39, 0.29) is 6.10 Å². The van der Waals surface area contributed by atoms with Crippen LogP contribution in [0.1, 0.15) is 30.2 Å². The van der Waals surface area contributed by atoms with E-state index in [0.29, 0.717) is 18.9 Å². The van der Waals surface area contributed by atoms with Crippen LogP contribution in [0.25, 0.3) is 11.0 Å². The van der Waals surface area contributed by atoms with Crippen molar-refractivity contribution in [3.63, 3.8) is 0 Å². The molecule has 0 radical (unpaired) electrons. The first-order valence-corrected chi connectivity index (χ1v) is 9.98. The van der Waals surface area contributed by atoms with Gasteiger partial charge < -0.3 is 20.1 Å². The van der Waals surface area contributed by atoms with Gasteiger partial charge in [-0.2, -0.15) is 10.1 Å². The van der Waals surface area contributed by atoms with Crippen molar-refractivity contribution in [1.82, 2.24) is 24.6 Å². The lowest BCUT2D eigenvalue weighted by Gasteiger charge is -2.26. The molecule has 29 heavy (non-hydrogen) atoms. The highest BCUT2D eigenvalue weighted by Gasteiger charge is 2.18. The van der Waals surface area contributed by atoms with Crippen LogP contribution in [0.4, 0.5) is 11.6 Å². The molecule has 1 aliphatic heterocycles. The number of aliphatic hydroxyl groups excluding tert-OH is 1. The zero-order valence-electron chi connectivity index (χ0n) is 17.4. The Balaban J connectivity index is 1.67. The summed E-state index contributed by atoms with van der Waals surface area (Å²) in [6.45, 7) is 6.30. The molecule has 0 fully saturated rings. The van der Waals surface area contributed by atoms with Crippen molar-refractivity contribution in [3.05, 3.63) is 35.2 Å². The van der Waals surface area contributed by atoms with Crippen LogP contribution < -0.4 is 10.1 Å². The van der Waals surface area contributed by atoms with Gasteiger partial charge in [0.15, 0.2) is 5.65 Å². The van der Waals surface area contributed by atoms with Crippen LogP contribution >= 0.6 is 0 Å². The first-order chi connectivity index (χ1) is 13.9. The van der Waals surface area contributed by atoms with Crippen molar-refractivity contribution >= 4 is 22.7 Å². The van der Waals surface area contributed by atoms with Gasteiger partial charge in [-0.1, -0.05) is 0 Å². The summed E-state index contributed by atoms with van der Waals surface area (Å²) < 4.78 is 7.45. The average Bonchev–Trinajstić information content (AvgIpc) is 3.01. The summed E-state index contributed by atoms with van der Waals surface area (Å²) >= 11 is 0. The normalized spacial score (nSPS) is 15.3. The van der Waals surface area contributed by atoms with Gasteiger partial charge in [-0.3, -0.25) is 0 Å². The highest BCUT2D eigenvalue weighted by atomic mass is 16.5. The van der Waals surface area contributed by atoms with Gasteiger partial charge in [0, 0.05) is 25.8 Å². The molecule has 0 bridgehead atoms. The molecule has 8 heteroatoms. The second-order valence-corrected chi connectivity index (χ2v) is 7.81. The number of rotatable bonds is 6. The molecule has 1 unspecified atom stereocenters. The summed E-state index contributed by atoms with van der Waals surface area (Å²) in [5.74, 6) is 1.29. The third-order valence-electron chi connectivity index (χ3n) is 5.40. The van der Waals surface area contributed by atoms with Gasteiger partial charge in [-0.25, -0.2) is 9.67 Å². The largest absolute Gasteiger partial charge is 0.495 e. The van der Waals surface area contributed by atoms with E-state index >= 15 is 0 Å². The summed E-state index contributed by atoms with van der Waals surface area (Å²) in [4.78, 5) is 11.5. The maximum Gasteiger partial charge on any atom is 0.229 e. The molecule has 0 spiro atoms. The standard InChI is InChI=1S/C21H28N6O2/c1-13(28)5-8-27-20-17(14(2)25-27)11-22-21(24-20)23-18-9-16-12-26(3)7-6-15(16)10-19(18)29-4/h9-11,13,28H,5-8,12H2,1-4H3,(H,22,23,24). The quantitative estimate of drug-likeness (QED) is 0.662. The van der Waals surface area contributed by atoms with E-state index in [0.717, 1.165) is 47.7 Å². The molecule has 3 aromatic rings. The number of benzene rings is 1. The molecule has 0 aliphatic carbocycles. The van der Waals surface area contributed by atoms with E-state index in [2.05, 4.69) is 39.5 Å². The number of nitrogens with one attached hydrogen (secondary N) is 1. The second-order valence-electron chi connectivity index (χ2n) is 7.81. The number of hydrogen-bond donors (Lipinski definition) is 2. The first-order valence-electron chi connectivity index (χ1n) is 9.98. The first kappa shape index (κ1) is 19.6. The van der Waals surface area contributed by atoms with Crippen LogP contribution in [0.2, 0.25) is 0 Å². The molecule has 2 N–H and O–H groups in total. The van der Waals surface area contributed by atoms with Crippen molar-refractivity contribution in [3.8, 4) is 5.75 Å². The molecular weight excluding hydrogens is 368 g/mol. The van der Waals surface area contributed by atoms with Gasteiger partial charge >= 0.3 is 0 Å². The third-order valence-corrected chi connectivity index (χ3v) is 5.40. The van der Waals surface area contributed by atoms with Crippen molar-refractivity contribution in [2.45, 2.75) is 45.9 Å². The Bertz CT molecular complexity index is 1030. The van der Waals surface area contributed by atoms with Crippen molar-refractivity contribution < 1.29 is 9.84 Å². The maximum atomic E-state index is 9.61. The number of hydrogen-bond acceptors (Lipinski definition) is 7. The molecule has 1 atom stereocenters. The van der Waals surface area contributed by atoms with Crippen molar-refractivity contribution in [1.29, 1.82) is 0 Å². The lowest BCUT2D eigenvalue weighted by Crippen LogP contribution is -2.26. The summed E-state index contributed by atoms with van der Waals surface area (Å²) in [7, 11) is 3.81. The van der Waals surface area contributed by atoms with E-state index in [9.17, 15) is 5.11 Å². The van der Waals surface area contributed by atoms with Crippen LogP contribution in [-0.4, -0.2) is 56.6 Å². The van der Waals surface area contributed by atoms with E-state index in [1.807, 2.05) is 11.6 Å². The lowest BCUT2D eigenvalue weighted by molar-refractivity contribution is 0.177. The van der Waals surface area contributed by atoms with Crippen LogP contribution in [-0.2, 0) is 19.5 Å². The number of aliphatic hydroxyl groups is 1. The summed E-state index contributed by atoms with van der Waals surface area (Å²) in [5, 5.41) is 18.4. The van der Waals surface area contributed by atoms with Gasteiger partial charge in [0.1, 0.15) is 5.75 Å². The molecule has 0 amide bonds. The minimum atomic E-state index is -0.383. The lowest BCUT2D eigenvalue weighted by atomic mass is 9.99. The fraction of sp³-hybridized carbons (Fsp3) is 0.476. The third kappa shape index (κ3) is 4.04. The molecule has 2 aromatic heterocycles. The number of aryl methyl sites for hydroxylation is 2. The Kier molecular flexibility index (Phi) is 5.38. The topological polar surface area (TPSA) is 88.3 Å². The van der Waals surface area contributed by atoms with Gasteiger partial charge in [0.25, 0.3) is 0 Å². The fourth-order valence-electron chi connectivity index (χ4n) is 3.75. The Morgan fingerprint density at radius 2 is 2.14 bits per heavy atom. The molecule has 3 heterocycles. The van der Waals surface area contributed by atoms with Crippen LogP contribution in [0.15, 0.2) is 18.3 Å². The van der Waals surface area contributed by atoms with E-state index in [4.69, 9.17) is 9.72 Å². The number of anilines is 2. The number of likely N-dealkylation sites (N-methyl/N-ethyl adjacent to an activating group) is 1. The van der Waals surface area contributed by atoms with Crippen LogP contribution in [0.3, 0.4) is 0 Å². The fourth-order valence-corrected chi connectivity index (χ4v) is 3.75. The number of fused-ring (bicyclic) bond motifs is 2. The molecule has 0 saturated carbocycles. The predicted molar refractivity (Wildman–Crippen MR) is 113 cm³/mol. The smallest absolute Gasteiger partial charge is 0.229 e.